The third kappa shape index (κ3) is 3.07. The first-order valence-corrected chi connectivity index (χ1v) is 6.55. The summed E-state index contributed by atoms with van der Waals surface area (Å²) in [5.74, 6) is 0. The molecule has 18 heavy (non-hydrogen) atoms. The zero-order chi connectivity index (χ0) is 13.1. The SMILES string of the molecule is Cc1ccncc1C(O)CC1CN(C)CCN1C. The second kappa shape index (κ2) is 5.78. The van der Waals surface area contributed by atoms with Crippen LogP contribution in [0, 0.1) is 6.92 Å². The largest absolute Gasteiger partial charge is 0.388 e. The number of piperazine rings is 1. The van der Waals surface area contributed by atoms with E-state index in [1.54, 1.807) is 12.4 Å². The smallest absolute Gasteiger partial charge is 0.0822 e. The summed E-state index contributed by atoms with van der Waals surface area (Å²) in [4.78, 5) is 8.78. The van der Waals surface area contributed by atoms with E-state index >= 15 is 0 Å². The summed E-state index contributed by atoms with van der Waals surface area (Å²) >= 11 is 0. The second-order valence-corrected chi connectivity index (χ2v) is 5.38. The van der Waals surface area contributed by atoms with Gasteiger partial charge in [0.1, 0.15) is 0 Å². The Labute approximate surface area is 109 Å². The average molecular weight is 249 g/mol. The van der Waals surface area contributed by atoms with Crippen molar-refractivity contribution in [1.82, 2.24) is 14.8 Å². The van der Waals surface area contributed by atoms with Gasteiger partial charge in [-0.2, -0.15) is 0 Å². The molecule has 4 nitrogen and oxygen atoms in total. The summed E-state index contributed by atoms with van der Waals surface area (Å²) < 4.78 is 0. The Bertz CT molecular complexity index is 396. The molecule has 2 unspecified atom stereocenters. The van der Waals surface area contributed by atoms with Crippen LogP contribution >= 0.6 is 0 Å². The van der Waals surface area contributed by atoms with Crippen LogP contribution in [0.15, 0.2) is 18.5 Å². The van der Waals surface area contributed by atoms with Crippen molar-refractivity contribution in [1.29, 1.82) is 0 Å². The van der Waals surface area contributed by atoms with Crippen molar-refractivity contribution in [3.05, 3.63) is 29.6 Å². The second-order valence-electron chi connectivity index (χ2n) is 5.38. The van der Waals surface area contributed by atoms with E-state index in [9.17, 15) is 5.11 Å². The average Bonchev–Trinajstić information content (AvgIpc) is 2.34. The Hall–Kier alpha value is -0.970. The number of aliphatic hydroxyl groups is 1. The van der Waals surface area contributed by atoms with E-state index in [0.717, 1.165) is 37.2 Å². The number of aryl methyl sites for hydroxylation is 1. The molecule has 0 amide bonds. The Morgan fingerprint density at radius 3 is 2.94 bits per heavy atom. The molecule has 0 aliphatic carbocycles. The van der Waals surface area contributed by atoms with E-state index < -0.39 is 6.10 Å². The topological polar surface area (TPSA) is 39.6 Å². The van der Waals surface area contributed by atoms with Gasteiger partial charge in [0.05, 0.1) is 6.10 Å². The van der Waals surface area contributed by atoms with Gasteiger partial charge in [0.25, 0.3) is 0 Å². The van der Waals surface area contributed by atoms with Gasteiger partial charge in [0.15, 0.2) is 0 Å². The van der Waals surface area contributed by atoms with Crippen molar-refractivity contribution >= 4 is 0 Å². The summed E-state index contributed by atoms with van der Waals surface area (Å²) in [5, 5.41) is 10.4. The van der Waals surface area contributed by atoms with Crippen molar-refractivity contribution in [2.24, 2.45) is 0 Å². The van der Waals surface area contributed by atoms with Crippen molar-refractivity contribution in [2.75, 3.05) is 33.7 Å². The maximum atomic E-state index is 10.4. The van der Waals surface area contributed by atoms with Gasteiger partial charge in [-0.05, 0) is 39.1 Å². The molecule has 0 spiro atoms. The third-order valence-corrected chi connectivity index (χ3v) is 3.91. The predicted octanol–water partition coefficient (Wildman–Crippen LogP) is 1.06. The fourth-order valence-electron chi connectivity index (χ4n) is 2.57. The molecule has 1 aliphatic rings. The molecule has 2 rings (SSSR count). The van der Waals surface area contributed by atoms with Crippen LogP contribution in [0.25, 0.3) is 0 Å². The minimum absolute atomic E-state index is 0.415. The highest BCUT2D eigenvalue weighted by Gasteiger charge is 2.25. The van der Waals surface area contributed by atoms with Gasteiger partial charge in [-0.3, -0.25) is 4.98 Å². The number of aromatic nitrogens is 1. The minimum atomic E-state index is -0.419. The quantitative estimate of drug-likeness (QED) is 0.869. The molecule has 2 atom stereocenters. The minimum Gasteiger partial charge on any atom is -0.388 e. The lowest BCUT2D eigenvalue weighted by Crippen LogP contribution is -2.50. The molecule has 0 saturated carbocycles. The molecule has 0 radical (unpaired) electrons. The molecule has 0 bridgehead atoms. The Balaban J connectivity index is 2.02. The fraction of sp³-hybridized carbons (Fsp3) is 0.643. The molecule has 1 aromatic heterocycles. The van der Waals surface area contributed by atoms with Gasteiger partial charge < -0.3 is 14.9 Å². The molecular formula is C14H23N3O. The monoisotopic (exact) mass is 249 g/mol. The van der Waals surface area contributed by atoms with Gasteiger partial charge in [-0.25, -0.2) is 0 Å². The summed E-state index contributed by atoms with van der Waals surface area (Å²) in [6.45, 7) is 5.22. The number of likely N-dealkylation sites (N-methyl/N-ethyl adjacent to an activating group) is 2. The fourth-order valence-corrected chi connectivity index (χ4v) is 2.57. The number of rotatable bonds is 3. The van der Waals surface area contributed by atoms with Crippen LogP contribution in [0.5, 0.6) is 0 Å². The van der Waals surface area contributed by atoms with E-state index in [2.05, 4.69) is 28.9 Å². The van der Waals surface area contributed by atoms with Crippen LogP contribution in [-0.2, 0) is 0 Å². The third-order valence-electron chi connectivity index (χ3n) is 3.91. The standard InChI is InChI=1S/C14H23N3O/c1-11-4-5-15-9-13(11)14(18)8-12-10-16(2)6-7-17(12)3/h4-5,9,12,14,18H,6-8,10H2,1-3H3. The molecule has 1 saturated heterocycles. The number of pyridine rings is 1. The van der Waals surface area contributed by atoms with E-state index in [1.165, 1.54) is 0 Å². The highest BCUT2D eigenvalue weighted by atomic mass is 16.3. The number of nitrogens with zero attached hydrogens (tertiary/aromatic N) is 3. The molecular weight excluding hydrogens is 226 g/mol. The number of hydrogen-bond acceptors (Lipinski definition) is 4. The summed E-state index contributed by atoms with van der Waals surface area (Å²) in [5.41, 5.74) is 2.07. The molecule has 100 valence electrons. The highest BCUT2D eigenvalue weighted by Crippen LogP contribution is 2.23. The van der Waals surface area contributed by atoms with E-state index in [4.69, 9.17) is 0 Å². The first-order chi connectivity index (χ1) is 8.58. The van der Waals surface area contributed by atoms with Crippen LogP contribution in [-0.4, -0.2) is 59.7 Å². The molecule has 4 heteroatoms. The number of hydrogen-bond donors (Lipinski definition) is 1. The zero-order valence-electron chi connectivity index (χ0n) is 11.5. The van der Waals surface area contributed by atoms with Crippen LogP contribution < -0.4 is 0 Å². The van der Waals surface area contributed by atoms with E-state index in [-0.39, 0.29) is 0 Å². The lowest BCUT2D eigenvalue weighted by molar-refractivity contribution is 0.0631. The first-order valence-electron chi connectivity index (χ1n) is 6.55. The zero-order valence-corrected chi connectivity index (χ0v) is 11.5. The van der Waals surface area contributed by atoms with Gasteiger partial charge in [0.2, 0.25) is 0 Å². The van der Waals surface area contributed by atoms with Crippen molar-refractivity contribution in [3.8, 4) is 0 Å². The predicted molar refractivity (Wildman–Crippen MR) is 72.5 cm³/mol. The summed E-state index contributed by atoms with van der Waals surface area (Å²) in [7, 11) is 4.28. The Kier molecular flexibility index (Phi) is 4.32. The summed E-state index contributed by atoms with van der Waals surface area (Å²) in [6, 6.07) is 2.37. The molecule has 1 aliphatic heterocycles. The lowest BCUT2D eigenvalue weighted by Gasteiger charge is -2.38. The Morgan fingerprint density at radius 1 is 1.44 bits per heavy atom. The van der Waals surface area contributed by atoms with Crippen LogP contribution in [0.2, 0.25) is 0 Å². The van der Waals surface area contributed by atoms with Gasteiger partial charge >= 0.3 is 0 Å². The normalized spacial score (nSPS) is 24.1. The van der Waals surface area contributed by atoms with Crippen molar-refractivity contribution in [3.63, 3.8) is 0 Å². The molecule has 2 heterocycles. The van der Waals surface area contributed by atoms with Gasteiger partial charge in [-0.15, -0.1) is 0 Å². The van der Waals surface area contributed by atoms with Gasteiger partial charge in [0, 0.05) is 43.6 Å². The van der Waals surface area contributed by atoms with Crippen LogP contribution in [0.1, 0.15) is 23.7 Å². The maximum Gasteiger partial charge on any atom is 0.0822 e. The van der Waals surface area contributed by atoms with Crippen LogP contribution in [0.3, 0.4) is 0 Å². The van der Waals surface area contributed by atoms with E-state index in [0.29, 0.717) is 6.04 Å². The lowest BCUT2D eigenvalue weighted by atomic mass is 9.98. The van der Waals surface area contributed by atoms with Crippen LogP contribution in [0.4, 0.5) is 0 Å². The van der Waals surface area contributed by atoms with E-state index in [1.807, 2.05) is 13.0 Å². The maximum absolute atomic E-state index is 10.4. The number of aliphatic hydroxyl groups excluding tert-OH is 1. The molecule has 0 aromatic carbocycles. The molecule has 1 fully saturated rings. The van der Waals surface area contributed by atoms with Crippen molar-refractivity contribution < 1.29 is 5.11 Å². The molecule has 1 N–H and O–H groups in total. The summed E-state index contributed by atoms with van der Waals surface area (Å²) in [6.07, 6.45) is 3.91. The van der Waals surface area contributed by atoms with Gasteiger partial charge in [-0.1, -0.05) is 0 Å². The Morgan fingerprint density at radius 2 is 2.22 bits per heavy atom. The first kappa shape index (κ1) is 13.5. The van der Waals surface area contributed by atoms with Crippen molar-refractivity contribution in [2.45, 2.75) is 25.5 Å². The molecule has 1 aromatic rings. The highest BCUT2D eigenvalue weighted by molar-refractivity contribution is 5.23.